The third-order valence-corrected chi connectivity index (χ3v) is 5.46. The SMILES string of the molecule is Cc1nc2ccccc2n1C1CCN(C(=O)CC2CCC(=O)N2)CC1. The number of nitrogens with zero attached hydrogens (tertiary/aromatic N) is 3. The van der Waals surface area contributed by atoms with Gasteiger partial charge in [0.15, 0.2) is 0 Å². The van der Waals surface area contributed by atoms with Crippen molar-refractivity contribution in [3.05, 3.63) is 30.1 Å². The number of aryl methyl sites for hydroxylation is 1. The lowest BCUT2D eigenvalue weighted by Gasteiger charge is -2.34. The van der Waals surface area contributed by atoms with E-state index in [1.54, 1.807) is 0 Å². The van der Waals surface area contributed by atoms with Gasteiger partial charge < -0.3 is 14.8 Å². The average Bonchev–Trinajstić information content (AvgIpc) is 3.17. The molecule has 2 amide bonds. The summed E-state index contributed by atoms with van der Waals surface area (Å²) in [7, 11) is 0. The molecule has 0 bridgehead atoms. The molecule has 2 aliphatic heterocycles. The van der Waals surface area contributed by atoms with Crippen LogP contribution < -0.4 is 5.32 Å². The van der Waals surface area contributed by atoms with Crippen LogP contribution in [-0.2, 0) is 9.59 Å². The molecule has 4 rings (SSSR count). The Kier molecular flexibility index (Phi) is 4.19. The Morgan fingerprint density at radius 3 is 2.72 bits per heavy atom. The van der Waals surface area contributed by atoms with Crippen LogP contribution in [0.2, 0.25) is 0 Å². The number of para-hydroxylation sites is 2. The quantitative estimate of drug-likeness (QED) is 0.931. The van der Waals surface area contributed by atoms with Gasteiger partial charge in [0.25, 0.3) is 0 Å². The van der Waals surface area contributed by atoms with E-state index in [4.69, 9.17) is 0 Å². The monoisotopic (exact) mass is 340 g/mol. The fourth-order valence-electron chi connectivity index (χ4n) is 4.17. The topological polar surface area (TPSA) is 67.2 Å². The molecule has 25 heavy (non-hydrogen) atoms. The Bertz CT molecular complexity index is 805. The molecule has 2 aromatic rings. The minimum atomic E-state index is 0.0255. The van der Waals surface area contributed by atoms with Crippen LogP contribution in [-0.4, -0.2) is 45.4 Å². The van der Waals surface area contributed by atoms with Gasteiger partial charge in [0, 0.05) is 38.0 Å². The lowest BCUT2D eigenvalue weighted by Crippen LogP contribution is -2.41. The Morgan fingerprint density at radius 2 is 2.00 bits per heavy atom. The second-order valence-electron chi connectivity index (χ2n) is 7.14. The predicted molar refractivity (Wildman–Crippen MR) is 95.1 cm³/mol. The van der Waals surface area contributed by atoms with Crippen molar-refractivity contribution in [2.45, 2.75) is 51.1 Å². The summed E-state index contributed by atoms with van der Waals surface area (Å²) in [6, 6.07) is 8.65. The minimum Gasteiger partial charge on any atom is -0.353 e. The first kappa shape index (κ1) is 16.1. The Labute approximate surface area is 147 Å². The van der Waals surface area contributed by atoms with Crippen molar-refractivity contribution in [3.63, 3.8) is 0 Å². The molecule has 2 aliphatic rings. The number of imidazole rings is 1. The predicted octanol–water partition coefficient (Wildman–Crippen LogP) is 2.18. The Morgan fingerprint density at radius 1 is 1.24 bits per heavy atom. The van der Waals surface area contributed by atoms with E-state index in [2.05, 4.69) is 33.9 Å². The molecule has 6 nitrogen and oxygen atoms in total. The molecule has 3 heterocycles. The van der Waals surface area contributed by atoms with Crippen molar-refractivity contribution in [2.75, 3.05) is 13.1 Å². The number of hydrogen-bond donors (Lipinski definition) is 1. The number of benzene rings is 1. The fraction of sp³-hybridized carbons (Fsp3) is 0.526. The second-order valence-corrected chi connectivity index (χ2v) is 7.14. The molecule has 1 aromatic carbocycles. The maximum Gasteiger partial charge on any atom is 0.224 e. The highest BCUT2D eigenvalue weighted by Gasteiger charge is 2.29. The number of carbonyl (C=O) groups is 2. The standard InChI is InChI=1S/C19H24N4O2/c1-13-20-16-4-2-3-5-17(16)23(13)15-8-10-22(11-9-15)19(25)12-14-6-7-18(24)21-14/h2-5,14-15H,6-12H2,1H3,(H,21,24). The van der Waals surface area contributed by atoms with Crippen molar-refractivity contribution in [2.24, 2.45) is 0 Å². The Hall–Kier alpha value is -2.37. The van der Waals surface area contributed by atoms with Gasteiger partial charge in [0.05, 0.1) is 11.0 Å². The van der Waals surface area contributed by atoms with E-state index in [0.29, 0.717) is 18.9 Å². The molecule has 2 saturated heterocycles. The van der Waals surface area contributed by atoms with Gasteiger partial charge in [-0.1, -0.05) is 12.1 Å². The number of piperidine rings is 1. The zero-order chi connectivity index (χ0) is 17.4. The summed E-state index contributed by atoms with van der Waals surface area (Å²) < 4.78 is 2.33. The number of hydrogen-bond acceptors (Lipinski definition) is 3. The molecule has 1 aromatic heterocycles. The van der Waals surface area contributed by atoms with E-state index in [1.165, 1.54) is 5.52 Å². The first-order valence-electron chi connectivity index (χ1n) is 9.12. The lowest BCUT2D eigenvalue weighted by molar-refractivity contribution is -0.133. The second kappa shape index (κ2) is 6.50. The van der Waals surface area contributed by atoms with Gasteiger partial charge in [-0.15, -0.1) is 0 Å². The summed E-state index contributed by atoms with van der Waals surface area (Å²) in [5.41, 5.74) is 2.22. The summed E-state index contributed by atoms with van der Waals surface area (Å²) in [6.07, 6.45) is 3.66. The van der Waals surface area contributed by atoms with Gasteiger partial charge in [-0.05, 0) is 38.3 Å². The first-order valence-corrected chi connectivity index (χ1v) is 9.12. The fourth-order valence-corrected chi connectivity index (χ4v) is 4.17. The van der Waals surface area contributed by atoms with Crippen LogP contribution in [0.3, 0.4) is 0 Å². The molecule has 1 atom stereocenters. The van der Waals surface area contributed by atoms with Gasteiger partial charge in [0.1, 0.15) is 5.82 Å². The summed E-state index contributed by atoms with van der Waals surface area (Å²) in [5, 5.41) is 2.88. The van der Waals surface area contributed by atoms with Crippen LogP contribution in [0.25, 0.3) is 11.0 Å². The molecule has 1 N–H and O–H groups in total. The minimum absolute atomic E-state index is 0.0255. The van der Waals surface area contributed by atoms with E-state index >= 15 is 0 Å². The number of nitrogens with one attached hydrogen (secondary N) is 1. The number of aromatic nitrogens is 2. The zero-order valence-corrected chi connectivity index (χ0v) is 14.6. The highest BCUT2D eigenvalue weighted by Crippen LogP contribution is 2.29. The van der Waals surface area contributed by atoms with E-state index in [1.807, 2.05) is 17.0 Å². The summed E-state index contributed by atoms with van der Waals surface area (Å²) in [6.45, 7) is 3.60. The summed E-state index contributed by atoms with van der Waals surface area (Å²) >= 11 is 0. The maximum atomic E-state index is 12.5. The lowest BCUT2D eigenvalue weighted by atomic mass is 10.0. The van der Waals surface area contributed by atoms with Gasteiger partial charge in [-0.25, -0.2) is 4.98 Å². The molecule has 0 radical (unpaired) electrons. The Balaban J connectivity index is 1.40. The van der Waals surface area contributed by atoms with E-state index in [-0.39, 0.29) is 17.9 Å². The largest absolute Gasteiger partial charge is 0.353 e. The number of amides is 2. The smallest absolute Gasteiger partial charge is 0.224 e. The van der Waals surface area contributed by atoms with Crippen molar-refractivity contribution in [1.82, 2.24) is 19.8 Å². The number of fused-ring (bicyclic) bond motifs is 1. The molecule has 0 aliphatic carbocycles. The van der Waals surface area contributed by atoms with E-state index < -0.39 is 0 Å². The molecular formula is C19H24N4O2. The molecule has 0 saturated carbocycles. The van der Waals surface area contributed by atoms with Crippen LogP contribution in [0.1, 0.15) is 44.0 Å². The molecule has 1 unspecified atom stereocenters. The van der Waals surface area contributed by atoms with Crippen LogP contribution in [0.15, 0.2) is 24.3 Å². The summed E-state index contributed by atoms with van der Waals surface area (Å²) in [5.74, 6) is 1.27. The average molecular weight is 340 g/mol. The highest BCUT2D eigenvalue weighted by molar-refractivity contribution is 5.82. The number of carbonyl (C=O) groups excluding carboxylic acids is 2. The van der Waals surface area contributed by atoms with Gasteiger partial charge in [0.2, 0.25) is 11.8 Å². The van der Waals surface area contributed by atoms with Crippen LogP contribution in [0.4, 0.5) is 0 Å². The zero-order valence-electron chi connectivity index (χ0n) is 14.6. The van der Waals surface area contributed by atoms with Crippen LogP contribution in [0.5, 0.6) is 0 Å². The molecule has 132 valence electrons. The van der Waals surface area contributed by atoms with Crippen LogP contribution in [0, 0.1) is 6.92 Å². The van der Waals surface area contributed by atoms with Gasteiger partial charge >= 0.3 is 0 Å². The normalized spacial score (nSPS) is 21.7. The summed E-state index contributed by atoms with van der Waals surface area (Å²) in [4.78, 5) is 30.4. The number of likely N-dealkylation sites (tertiary alicyclic amines) is 1. The maximum absolute atomic E-state index is 12.5. The van der Waals surface area contributed by atoms with Crippen molar-refractivity contribution >= 4 is 22.8 Å². The molecule has 0 spiro atoms. The highest BCUT2D eigenvalue weighted by atomic mass is 16.2. The van der Waals surface area contributed by atoms with E-state index in [9.17, 15) is 9.59 Å². The third kappa shape index (κ3) is 3.13. The van der Waals surface area contributed by atoms with E-state index in [0.717, 1.165) is 43.7 Å². The number of rotatable bonds is 3. The van der Waals surface area contributed by atoms with Gasteiger partial charge in [-0.3, -0.25) is 9.59 Å². The van der Waals surface area contributed by atoms with Gasteiger partial charge in [-0.2, -0.15) is 0 Å². The first-order chi connectivity index (χ1) is 12.1. The molecule has 2 fully saturated rings. The molecular weight excluding hydrogens is 316 g/mol. The van der Waals surface area contributed by atoms with Crippen molar-refractivity contribution < 1.29 is 9.59 Å². The molecule has 6 heteroatoms. The van der Waals surface area contributed by atoms with Crippen LogP contribution >= 0.6 is 0 Å². The third-order valence-electron chi connectivity index (χ3n) is 5.46. The van der Waals surface area contributed by atoms with Crippen molar-refractivity contribution in [1.29, 1.82) is 0 Å². The van der Waals surface area contributed by atoms with Crippen molar-refractivity contribution in [3.8, 4) is 0 Å².